The Morgan fingerprint density at radius 1 is 1.34 bits per heavy atom. The van der Waals surface area contributed by atoms with Crippen molar-refractivity contribution in [3.05, 3.63) is 70.1 Å². The molecule has 3 unspecified atom stereocenters. The van der Waals surface area contributed by atoms with Crippen molar-refractivity contribution in [2.75, 3.05) is 11.9 Å². The number of nitriles is 1. The van der Waals surface area contributed by atoms with Gasteiger partial charge in [0.05, 0.1) is 18.2 Å². The normalized spacial score (nSPS) is 16.4. The Balaban J connectivity index is 1.32. The molecule has 3 aromatic rings. The predicted octanol–water partition coefficient (Wildman–Crippen LogP) is 5.07. The molecule has 1 aliphatic carbocycles. The van der Waals surface area contributed by atoms with Gasteiger partial charge in [0.2, 0.25) is 5.91 Å². The van der Waals surface area contributed by atoms with Crippen LogP contribution in [-0.2, 0) is 22.4 Å². The minimum Gasteiger partial charge on any atom is -0.449 e. The van der Waals surface area contributed by atoms with Gasteiger partial charge < -0.3 is 20.4 Å². The average molecular weight is 492 g/mol. The zero-order valence-electron chi connectivity index (χ0n) is 19.8. The van der Waals surface area contributed by atoms with Crippen LogP contribution < -0.4 is 10.6 Å². The third-order valence-corrected chi connectivity index (χ3v) is 7.52. The number of amides is 2. The summed E-state index contributed by atoms with van der Waals surface area (Å²) in [7, 11) is 0. The number of carbonyl (C=O) groups is 2. The van der Waals surface area contributed by atoms with Crippen LogP contribution >= 0.6 is 11.3 Å². The van der Waals surface area contributed by atoms with Gasteiger partial charge in [-0.05, 0) is 67.3 Å². The maximum absolute atomic E-state index is 12.7. The molecule has 0 saturated heterocycles. The first-order chi connectivity index (χ1) is 16.9. The lowest BCUT2D eigenvalue weighted by Crippen LogP contribution is -2.30. The van der Waals surface area contributed by atoms with Gasteiger partial charge in [-0.15, -0.1) is 11.3 Å². The third-order valence-electron chi connectivity index (χ3n) is 6.35. The summed E-state index contributed by atoms with van der Waals surface area (Å²) in [5.41, 5.74) is 3.48. The molecule has 0 saturated carbocycles. The van der Waals surface area contributed by atoms with E-state index in [9.17, 15) is 14.9 Å². The van der Waals surface area contributed by atoms with Gasteiger partial charge in [-0.1, -0.05) is 13.0 Å². The third kappa shape index (κ3) is 6.08. The monoisotopic (exact) mass is 491 g/mol. The van der Waals surface area contributed by atoms with Crippen molar-refractivity contribution in [3.63, 3.8) is 0 Å². The smallest absolute Gasteiger partial charge is 0.407 e. The Hall–Kier alpha value is -3.64. The van der Waals surface area contributed by atoms with Crippen molar-refractivity contribution >= 4 is 28.3 Å². The molecule has 2 amide bonds. The number of aromatic nitrogens is 2. The lowest BCUT2D eigenvalue weighted by atomic mass is 9.88. The van der Waals surface area contributed by atoms with Crippen molar-refractivity contribution in [1.82, 2.24) is 15.3 Å². The molecule has 0 fully saturated rings. The molecule has 3 aromatic heterocycles. The molecule has 0 radical (unpaired) electrons. The molecular weight excluding hydrogens is 462 g/mol. The lowest BCUT2D eigenvalue weighted by molar-refractivity contribution is -0.116. The number of hydrogen-bond acceptors (Lipinski definition) is 6. The number of rotatable bonds is 8. The molecule has 3 heterocycles. The van der Waals surface area contributed by atoms with Crippen LogP contribution in [0.3, 0.4) is 0 Å². The SMILES string of the molecule is CC(CC(=O)Nc1sc2c(c1C#N)CCC(COC(=O)NC(C)c1ccc[nH]1)C2)c1cccnc1. The maximum atomic E-state index is 12.7. The highest BCUT2D eigenvalue weighted by Crippen LogP contribution is 2.39. The highest BCUT2D eigenvalue weighted by Gasteiger charge is 2.27. The first kappa shape index (κ1) is 24.5. The minimum absolute atomic E-state index is 0.0243. The fourth-order valence-corrected chi connectivity index (χ4v) is 5.68. The summed E-state index contributed by atoms with van der Waals surface area (Å²) in [6, 6.07) is 9.72. The van der Waals surface area contributed by atoms with E-state index >= 15 is 0 Å². The van der Waals surface area contributed by atoms with Gasteiger partial charge in [0, 0.05) is 35.6 Å². The topological polar surface area (TPSA) is 120 Å². The van der Waals surface area contributed by atoms with E-state index in [0.717, 1.165) is 41.0 Å². The second-order valence-corrected chi connectivity index (χ2v) is 10.1. The van der Waals surface area contributed by atoms with Crippen molar-refractivity contribution in [1.29, 1.82) is 5.26 Å². The number of pyridine rings is 1. The van der Waals surface area contributed by atoms with Gasteiger partial charge in [0.15, 0.2) is 0 Å². The van der Waals surface area contributed by atoms with Gasteiger partial charge in [-0.2, -0.15) is 5.26 Å². The number of hydrogen-bond donors (Lipinski definition) is 3. The Kier molecular flexibility index (Phi) is 7.83. The summed E-state index contributed by atoms with van der Waals surface area (Å²) in [6.07, 6.45) is 7.42. The zero-order chi connectivity index (χ0) is 24.8. The van der Waals surface area contributed by atoms with E-state index in [1.807, 2.05) is 44.3 Å². The molecule has 1 aliphatic rings. The van der Waals surface area contributed by atoms with E-state index in [0.29, 0.717) is 23.6 Å². The zero-order valence-corrected chi connectivity index (χ0v) is 20.7. The van der Waals surface area contributed by atoms with Crippen LogP contribution in [0.2, 0.25) is 0 Å². The van der Waals surface area contributed by atoms with E-state index in [2.05, 4.69) is 26.7 Å². The molecule has 3 atom stereocenters. The van der Waals surface area contributed by atoms with E-state index in [1.54, 1.807) is 12.4 Å². The average Bonchev–Trinajstić information content (AvgIpc) is 3.51. The Labute approximate surface area is 208 Å². The largest absolute Gasteiger partial charge is 0.449 e. The molecule has 3 N–H and O–H groups in total. The van der Waals surface area contributed by atoms with E-state index in [1.165, 1.54) is 11.3 Å². The molecular formula is C26H29N5O3S. The quantitative estimate of drug-likeness (QED) is 0.406. The number of anilines is 1. The summed E-state index contributed by atoms with van der Waals surface area (Å²) in [4.78, 5) is 33.2. The van der Waals surface area contributed by atoms with Crippen molar-refractivity contribution in [2.24, 2.45) is 5.92 Å². The number of nitrogens with one attached hydrogen (secondary N) is 3. The number of aromatic amines is 1. The van der Waals surface area contributed by atoms with Crippen molar-refractivity contribution in [2.45, 2.75) is 51.5 Å². The molecule has 8 nitrogen and oxygen atoms in total. The highest BCUT2D eigenvalue weighted by molar-refractivity contribution is 7.16. The fraction of sp³-hybridized carbons (Fsp3) is 0.385. The Morgan fingerprint density at radius 2 is 2.20 bits per heavy atom. The van der Waals surface area contributed by atoms with Crippen LogP contribution in [0.5, 0.6) is 0 Å². The first-order valence-corrected chi connectivity index (χ1v) is 12.6. The number of thiophene rings is 1. The summed E-state index contributed by atoms with van der Waals surface area (Å²) >= 11 is 1.46. The standard InChI is InChI=1S/C26H29N5O3S/c1-16(19-5-3-9-28-14-19)11-24(32)31-25-21(13-27)20-8-7-18(12-23(20)35-25)15-34-26(33)30-17(2)22-6-4-10-29-22/h3-6,9-10,14,16-18,29H,7-8,11-12,15H2,1-2H3,(H,30,33)(H,31,32). The second-order valence-electron chi connectivity index (χ2n) is 8.96. The maximum Gasteiger partial charge on any atom is 0.407 e. The van der Waals surface area contributed by atoms with E-state index < -0.39 is 6.09 Å². The molecule has 0 bridgehead atoms. The van der Waals surface area contributed by atoms with Gasteiger partial charge in [-0.25, -0.2) is 4.79 Å². The summed E-state index contributed by atoms with van der Waals surface area (Å²) in [5.74, 6) is 0.0776. The summed E-state index contributed by atoms with van der Waals surface area (Å²) in [5, 5.41) is 16.2. The van der Waals surface area contributed by atoms with Crippen LogP contribution in [0.4, 0.5) is 9.80 Å². The van der Waals surface area contributed by atoms with Crippen LogP contribution in [0, 0.1) is 17.2 Å². The molecule has 182 valence electrons. The van der Waals surface area contributed by atoms with Crippen LogP contribution in [0.25, 0.3) is 0 Å². The van der Waals surface area contributed by atoms with Crippen molar-refractivity contribution in [3.8, 4) is 6.07 Å². The van der Waals surface area contributed by atoms with Gasteiger partial charge in [-0.3, -0.25) is 9.78 Å². The molecule has 35 heavy (non-hydrogen) atoms. The molecule has 0 spiro atoms. The predicted molar refractivity (Wildman–Crippen MR) is 134 cm³/mol. The number of alkyl carbamates (subject to hydrolysis) is 1. The minimum atomic E-state index is -0.447. The van der Waals surface area contributed by atoms with Crippen LogP contribution in [0.15, 0.2) is 42.9 Å². The van der Waals surface area contributed by atoms with Crippen LogP contribution in [0.1, 0.15) is 65.9 Å². The van der Waals surface area contributed by atoms with Gasteiger partial charge in [0.1, 0.15) is 11.1 Å². The number of nitrogens with zero attached hydrogens (tertiary/aromatic N) is 2. The number of H-pyrrole nitrogens is 1. The number of carbonyl (C=O) groups excluding carboxylic acids is 2. The highest BCUT2D eigenvalue weighted by atomic mass is 32.1. The molecule has 4 rings (SSSR count). The van der Waals surface area contributed by atoms with Crippen molar-refractivity contribution < 1.29 is 14.3 Å². The lowest BCUT2D eigenvalue weighted by Gasteiger charge is -2.22. The van der Waals surface area contributed by atoms with E-state index in [-0.39, 0.29) is 23.8 Å². The summed E-state index contributed by atoms with van der Waals surface area (Å²) < 4.78 is 5.48. The number of fused-ring (bicyclic) bond motifs is 1. The van der Waals surface area contributed by atoms with Gasteiger partial charge in [0.25, 0.3) is 0 Å². The number of ether oxygens (including phenoxy) is 1. The summed E-state index contributed by atoms with van der Waals surface area (Å²) in [6.45, 7) is 4.19. The molecule has 0 aliphatic heterocycles. The van der Waals surface area contributed by atoms with E-state index in [4.69, 9.17) is 4.74 Å². The Bertz CT molecular complexity index is 1200. The molecule has 0 aromatic carbocycles. The molecule has 9 heteroatoms. The second kappa shape index (κ2) is 11.2. The first-order valence-electron chi connectivity index (χ1n) is 11.8. The Morgan fingerprint density at radius 3 is 2.91 bits per heavy atom. The van der Waals surface area contributed by atoms with Gasteiger partial charge >= 0.3 is 6.09 Å². The fourth-order valence-electron chi connectivity index (χ4n) is 4.35. The van der Waals surface area contributed by atoms with Crippen LogP contribution in [-0.4, -0.2) is 28.6 Å².